The predicted octanol–water partition coefficient (Wildman–Crippen LogP) is 5.29. The number of H-pyrrole nitrogens is 1. The molecule has 2 aliphatic heterocycles. The number of pyridine rings is 1. The van der Waals surface area contributed by atoms with E-state index in [-0.39, 0.29) is 5.92 Å². The fourth-order valence-corrected chi connectivity index (χ4v) is 5.85. The molecule has 2 N–H and O–H groups in total. The van der Waals surface area contributed by atoms with Crippen LogP contribution >= 0.6 is 0 Å². The number of hydrogen-bond donors (Lipinski definition) is 2. The first kappa shape index (κ1) is 22.1. The second-order valence-corrected chi connectivity index (χ2v) is 10.3. The Hall–Kier alpha value is -2.66. The number of hydrogen-bond acceptors (Lipinski definition) is 3. The summed E-state index contributed by atoms with van der Waals surface area (Å²) in [6.45, 7) is 12.3. The van der Waals surface area contributed by atoms with Crippen molar-refractivity contribution in [2.24, 2.45) is 5.92 Å². The average molecular weight is 445 g/mol. The first-order chi connectivity index (χ1) is 15.9. The summed E-state index contributed by atoms with van der Waals surface area (Å²) in [5.41, 5.74) is 8.53. The summed E-state index contributed by atoms with van der Waals surface area (Å²) in [6, 6.07) is 11.3. The Labute approximate surface area is 197 Å². The lowest BCUT2D eigenvalue weighted by Gasteiger charge is -2.33. The lowest BCUT2D eigenvalue weighted by Crippen LogP contribution is -2.41. The Balaban J connectivity index is 1.41. The van der Waals surface area contributed by atoms with Gasteiger partial charge in [0.25, 0.3) is 0 Å². The molecule has 0 aliphatic carbocycles. The lowest BCUT2D eigenvalue weighted by atomic mass is 9.87. The van der Waals surface area contributed by atoms with Crippen LogP contribution in [0.5, 0.6) is 0 Å². The van der Waals surface area contributed by atoms with E-state index in [1.165, 1.54) is 33.3 Å². The number of nitrogens with one attached hydrogen (secondary N) is 2. The van der Waals surface area contributed by atoms with Crippen LogP contribution in [0, 0.1) is 19.8 Å². The number of nitrogens with zero attached hydrogens (tertiary/aromatic N) is 2. The number of piperidine rings is 1. The number of carbonyl (C=O) groups excluding carboxylic acids is 1. The number of aryl methyl sites for hydroxylation is 2. The maximum absolute atomic E-state index is 12.8. The molecule has 3 aromatic rings. The van der Waals surface area contributed by atoms with Crippen molar-refractivity contribution < 1.29 is 4.79 Å². The van der Waals surface area contributed by atoms with Gasteiger partial charge in [-0.2, -0.15) is 0 Å². The number of amides is 1. The molecular formula is C28H36N4O. The van der Waals surface area contributed by atoms with Gasteiger partial charge < -0.3 is 15.2 Å². The molecule has 2 aromatic heterocycles. The maximum Gasteiger partial charge on any atom is 0.227 e. The van der Waals surface area contributed by atoms with E-state index in [1.54, 1.807) is 0 Å². The molecule has 5 heteroatoms. The van der Waals surface area contributed by atoms with E-state index < -0.39 is 0 Å². The molecule has 0 bridgehead atoms. The van der Waals surface area contributed by atoms with Gasteiger partial charge in [-0.3, -0.25) is 9.78 Å². The third-order valence-electron chi connectivity index (χ3n) is 7.50. The predicted molar refractivity (Wildman–Crippen MR) is 135 cm³/mol. The standard InChI is InChI=1S/C28H36N4O/c1-17(2)26-24-15-21(20-8-11-32(12-9-20)28(33)22-7-10-29-16-22)5-6-25(24)31-27(26)23-13-18(3)30-19(4)14-23/h5-6,13-15,17,20,22,29,31H,7-12,16H2,1-4H3/t22-/m1/s1. The van der Waals surface area contributed by atoms with Crippen molar-refractivity contribution in [2.45, 2.75) is 58.8 Å². The quantitative estimate of drug-likeness (QED) is 0.575. The molecule has 1 atom stereocenters. The van der Waals surface area contributed by atoms with Gasteiger partial charge in [0.1, 0.15) is 0 Å². The summed E-state index contributed by atoms with van der Waals surface area (Å²) < 4.78 is 0. The Kier molecular flexibility index (Phi) is 6.00. The number of aromatic nitrogens is 2. The smallest absolute Gasteiger partial charge is 0.227 e. The van der Waals surface area contributed by atoms with Crippen LogP contribution in [0.15, 0.2) is 30.3 Å². The van der Waals surface area contributed by atoms with Crippen LogP contribution in [0.4, 0.5) is 0 Å². The zero-order chi connectivity index (χ0) is 23.1. The molecule has 0 spiro atoms. The average Bonchev–Trinajstić information content (AvgIpc) is 3.46. The number of fused-ring (bicyclic) bond motifs is 1. The van der Waals surface area contributed by atoms with E-state index in [9.17, 15) is 4.79 Å². The van der Waals surface area contributed by atoms with Gasteiger partial charge >= 0.3 is 0 Å². The zero-order valence-electron chi connectivity index (χ0n) is 20.4. The van der Waals surface area contributed by atoms with Crippen molar-refractivity contribution in [1.82, 2.24) is 20.2 Å². The van der Waals surface area contributed by atoms with Crippen LogP contribution in [0.2, 0.25) is 0 Å². The minimum absolute atomic E-state index is 0.185. The largest absolute Gasteiger partial charge is 0.354 e. The summed E-state index contributed by atoms with van der Waals surface area (Å²) in [5.74, 6) is 1.47. The van der Waals surface area contributed by atoms with Gasteiger partial charge in [0.2, 0.25) is 5.91 Å². The van der Waals surface area contributed by atoms with E-state index >= 15 is 0 Å². The first-order valence-corrected chi connectivity index (χ1v) is 12.5. The molecule has 2 saturated heterocycles. The van der Waals surface area contributed by atoms with E-state index in [2.05, 4.69) is 78.2 Å². The summed E-state index contributed by atoms with van der Waals surface area (Å²) in [4.78, 5) is 23.2. The van der Waals surface area contributed by atoms with Crippen molar-refractivity contribution in [2.75, 3.05) is 26.2 Å². The molecule has 5 rings (SSSR count). The first-order valence-electron chi connectivity index (χ1n) is 12.5. The molecule has 2 fully saturated rings. The zero-order valence-corrected chi connectivity index (χ0v) is 20.4. The van der Waals surface area contributed by atoms with Crippen LogP contribution in [0.25, 0.3) is 22.2 Å². The van der Waals surface area contributed by atoms with Gasteiger partial charge in [0.15, 0.2) is 0 Å². The fourth-order valence-electron chi connectivity index (χ4n) is 5.85. The van der Waals surface area contributed by atoms with E-state index in [1.807, 2.05) is 0 Å². The topological polar surface area (TPSA) is 61.0 Å². The highest BCUT2D eigenvalue weighted by atomic mass is 16.2. The van der Waals surface area contributed by atoms with E-state index in [0.717, 1.165) is 56.8 Å². The normalized spacial score (nSPS) is 19.7. The third kappa shape index (κ3) is 4.31. The minimum atomic E-state index is 0.185. The summed E-state index contributed by atoms with van der Waals surface area (Å²) in [6.07, 6.45) is 3.09. The van der Waals surface area contributed by atoms with Crippen LogP contribution in [0.3, 0.4) is 0 Å². The monoisotopic (exact) mass is 444 g/mol. The number of aromatic amines is 1. The van der Waals surface area contributed by atoms with E-state index in [0.29, 0.717) is 17.7 Å². The second-order valence-electron chi connectivity index (χ2n) is 10.3. The second kappa shape index (κ2) is 8.94. The highest BCUT2D eigenvalue weighted by Crippen LogP contribution is 2.38. The molecule has 33 heavy (non-hydrogen) atoms. The van der Waals surface area contributed by atoms with Gasteiger partial charge in [0.05, 0.1) is 11.6 Å². The molecule has 5 nitrogen and oxygen atoms in total. The molecule has 2 aliphatic rings. The van der Waals surface area contributed by atoms with Gasteiger partial charge in [-0.15, -0.1) is 0 Å². The number of benzene rings is 1. The Bertz CT molecular complexity index is 1140. The third-order valence-corrected chi connectivity index (χ3v) is 7.50. The molecule has 0 unspecified atom stereocenters. The molecule has 0 saturated carbocycles. The van der Waals surface area contributed by atoms with Crippen molar-refractivity contribution in [3.05, 3.63) is 52.8 Å². The number of likely N-dealkylation sites (tertiary alicyclic amines) is 1. The maximum atomic E-state index is 12.8. The van der Waals surface area contributed by atoms with Gasteiger partial charge in [-0.25, -0.2) is 0 Å². The minimum Gasteiger partial charge on any atom is -0.354 e. The SMILES string of the molecule is Cc1cc(-c2[nH]c3ccc(C4CCN(C(=O)[C@@H]5CCNC5)CC4)cc3c2C(C)C)cc(C)n1. The molecule has 174 valence electrons. The van der Waals surface area contributed by atoms with Crippen molar-refractivity contribution >= 4 is 16.8 Å². The van der Waals surface area contributed by atoms with Gasteiger partial charge in [0, 0.05) is 47.5 Å². The lowest BCUT2D eigenvalue weighted by molar-refractivity contribution is -0.136. The summed E-state index contributed by atoms with van der Waals surface area (Å²) in [5, 5.41) is 4.66. The summed E-state index contributed by atoms with van der Waals surface area (Å²) in [7, 11) is 0. The van der Waals surface area contributed by atoms with Crippen LogP contribution in [-0.4, -0.2) is 47.0 Å². The Morgan fingerprint density at radius 2 is 1.79 bits per heavy atom. The highest BCUT2D eigenvalue weighted by molar-refractivity contribution is 5.92. The fraction of sp³-hybridized carbons (Fsp3) is 0.500. The van der Waals surface area contributed by atoms with Crippen LogP contribution in [-0.2, 0) is 4.79 Å². The van der Waals surface area contributed by atoms with E-state index in [4.69, 9.17) is 0 Å². The number of carbonyl (C=O) groups is 1. The van der Waals surface area contributed by atoms with Crippen molar-refractivity contribution in [1.29, 1.82) is 0 Å². The molecular weight excluding hydrogens is 408 g/mol. The van der Waals surface area contributed by atoms with Crippen molar-refractivity contribution in [3.63, 3.8) is 0 Å². The van der Waals surface area contributed by atoms with Crippen molar-refractivity contribution in [3.8, 4) is 11.3 Å². The van der Waals surface area contributed by atoms with Gasteiger partial charge in [-0.05, 0) is 86.9 Å². The number of rotatable bonds is 4. The van der Waals surface area contributed by atoms with Crippen LogP contribution in [0.1, 0.15) is 67.5 Å². The molecule has 1 amide bonds. The Morgan fingerprint density at radius 3 is 2.42 bits per heavy atom. The Morgan fingerprint density at radius 1 is 1.06 bits per heavy atom. The summed E-state index contributed by atoms with van der Waals surface area (Å²) >= 11 is 0. The molecule has 0 radical (unpaired) electrons. The van der Waals surface area contributed by atoms with Crippen LogP contribution < -0.4 is 5.32 Å². The van der Waals surface area contributed by atoms with Gasteiger partial charge in [-0.1, -0.05) is 19.9 Å². The highest BCUT2D eigenvalue weighted by Gasteiger charge is 2.30. The molecule has 1 aromatic carbocycles. The molecule has 4 heterocycles.